The zero-order valence-corrected chi connectivity index (χ0v) is 9.60. The predicted octanol–water partition coefficient (Wildman–Crippen LogP) is 3.26. The fraction of sp³-hybridized carbons (Fsp3) is 0.636. The summed E-state index contributed by atoms with van der Waals surface area (Å²) in [6.45, 7) is 2.27. The van der Waals surface area contributed by atoms with E-state index in [1.54, 1.807) is 5.56 Å². The van der Waals surface area contributed by atoms with Gasteiger partial charge >= 0.3 is 81.5 Å². The van der Waals surface area contributed by atoms with Crippen LogP contribution in [0.5, 0.6) is 0 Å². The maximum absolute atomic E-state index is 2.41. The van der Waals surface area contributed by atoms with Crippen LogP contribution in [0.1, 0.15) is 44.6 Å². The first-order valence-electron chi connectivity index (χ1n) is 4.94. The molecule has 0 N–H and O–H groups in total. The average Bonchev–Trinajstić information content (AvgIpc) is 2.57. The van der Waals surface area contributed by atoms with Gasteiger partial charge in [0.1, 0.15) is 0 Å². The zero-order valence-electron chi connectivity index (χ0n) is 7.88. The Morgan fingerprint density at radius 2 is 2.00 bits per heavy atom. The van der Waals surface area contributed by atoms with Crippen molar-refractivity contribution in [2.75, 3.05) is 0 Å². The summed E-state index contributed by atoms with van der Waals surface area (Å²) in [4.78, 5) is 4.72. The first kappa shape index (κ1) is 10.1. The van der Waals surface area contributed by atoms with Crippen LogP contribution in [0.3, 0.4) is 0 Å². The monoisotopic (exact) mass is 230 g/mol. The number of rotatable bonds is 6. The van der Waals surface area contributed by atoms with Crippen LogP contribution in [0.15, 0.2) is 15.9 Å². The molecule has 0 saturated carbocycles. The molecule has 0 aliphatic heterocycles. The summed E-state index contributed by atoms with van der Waals surface area (Å²) in [6, 6.07) is 2.31. The summed E-state index contributed by atoms with van der Waals surface area (Å²) in [6.07, 6.45) is 8.34. The van der Waals surface area contributed by atoms with Crippen molar-refractivity contribution in [2.24, 2.45) is 0 Å². The molecule has 1 heterocycles. The molecule has 0 aromatic carbocycles. The topological polar surface area (TPSA) is 0 Å². The number of hydrogen-bond donors (Lipinski definition) is 0. The van der Waals surface area contributed by atoms with E-state index in [4.69, 9.17) is 0 Å². The van der Waals surface area contributed by atoms with Gasteiger partial charge in [-0.1, -0.05) is 0 Å². The van der Waals surface area contributed by atoms with Crippen LogP contribution in [0.2, 0.25) is 0 Å². The Kier molecular flexibility index (Phi) is 5.47. The standard InChI is InChI=1S/C11H18Se/c1-2-3-4-5-6-7-11-8-9-12-10-11/h8-10H,2-7H2,1H3. The Morgan fingerprint density at radius 1 is 1.17 bits per heavy atom. The van der Waals surface area contributed by atoms with Crippen LogP contribution in [-0.4, -0.2) is 14.5 Å². The van der Waals surface area contributed by atoms with Crippen LogP contribution in [0, 0.1) is 0 Å². The van der Waals surface area contributed by atoms with Gasteiger partial charge in [-0.2, -0.15) is 0 Å². The molecule has 1 rings (SSSR count). The van der Waals surface area contributed by atoms with Crippen molar-refractivity contribution in [3.8, 4) is 0 Å². The van der Waals surface area contributed by atoms with Crippen LogP contribution < -0.4 is 0 Å². The molecule has 0 aliphatic rings. The van der Waals surface area contributed by atoms with E-state index in [2.05, 4.69) is 22.9 Å². The molecule has 0 fully saturated rings. The van der Waals surface area contributed by atoms with Crippen LogP contribution in [0.4, 0.5) is 0 Å². The van der Waals surface area contributed by atoms with Gasteiger partial charge in [-0.15, -0.1) is 0 Å². The zero-order chi connectivity index (χ0) is 8.65. The molecule has 12 heavy (non-hydrogen) atoms. The van der Waals surface area contributed by atoms with Gasteiger partial charge in [0, 0.05) is 0 Å². The van der Waals surface area contributed by atoms with E-state index < -0.39 is 0 Å². The molecule has 0 amide bonds. The molecule has 1 heteroatoms. The number of hydrogen-bond acceptors (Lipinski definition) is 0. The van der Waals surface area contributed by atoms with E-state index in [1.165, 1.54) is 38.5 Å². The number of unbranched alkanes of at least 4 members (excludes halogenated alkanes) is 4. The van der Waals surface area contributed by atoms with Gasteiger partial charge in [0.15, 0.2) is 0 Å². The van der Waals surface area contributed by atoms with Gasteiger partial charge < -0.3 is 0 Å². The average molecular weight is 229 g/mol. The summed E-state index contributed by atoms with van der Waals surface area (Å²) in [7, 11) is 0. The SMILES string of the molecule is CCCCCCCc1cc[se]c1. The molecule has 0 bridgehead atoms. The minimum atomic E-state index is 0.693. The normalized spacial score (nSPS) is 10.4. The van der Waals surface area contributed by atoms with Crippen LogP contribution >= 0.6 is 0 Å². The Morgan fingerprint density at radius 3 is 2.67 bits per heavy atom. The Hall–Kier alpha value is -0.000519. The minimum absolute atomic E-state index is 0.693. The van der Waals surface area contributed by atoms with Gasteiger partial charge in [-0.05, 0) is 0 Å². The maximum atomic E-state index is 2.41. The predicted molar refractivity (Wildman–Crippen MR) is 55.8 cm³/mol. The van der Waals surface area contributed by atoms with Gasteiger partial charge in [-0.3, -0.25) is 0 Å². The molecular weight excluding hydrogens is 211 g/mol. The quantitative estimate of drug-likeness (QED) is 0.519. The summed E-state index contributed by atoms with van der Waals surface area (Å²) in [5, 5.41) is 0. The molecule has 0 spiro atoms. The molecule has 1 aromatic rings. The van der Waals surface area contributed by atoms with Crippen LogP contribution in [0.25, 0.3) is 0 Å². The van der Waals surface area contributed by atoms with Crippen LogP contribution in [-0.2, 0) is 6.42 Å². The molecule has 0 aliphatic carbocycles. The Bertz CT molecular complexity index is 177. The molecule has 68 valence electrons. The van der Waals surface area contributed by atoms with E-state index in [0.717, 1.165) is 0 Å². The van der Waals surface area contributed by atoms with Crippen molar-refractivity contribution >= 4 is 14.5 Å². The summed E-state index contributed by atoms with van der Waals surface area (Å²) in [5.74, 6) is 0. The Balaban J connectivity index is 1.96. The van der Waals surface area contributed by atoms with Gasteiger partial charge in [-0.25, -0.2) is 0 Å². The molecule has 0 unspecified atom stereocenters. The van der Waals surface area contributed by atoms with E-state index in [9.17, 15) is 0 Å². The van der Waals surface area contributed by atoms with Crippen molar-refractivity contribution in [1.29, 1.82) is 0 Å². The Labute approximate surface area is 81.7 Å². The molecule has 1 aromatic heterocycles. The third-order valence-corrected chi connectivity index (χ3v) is 3.69. The van der Waals surface area contributed by atoms with Crippen molar-refractivity contribution in [3.05, 3.63) is 21.5 Å². The molecular formula is C11H18Se. The summed E-state index contributed by atoms with van der Waals surface area (Å²) >= 11 is 0.693. The van der Waals surface area contributed by atoms with Crippen molar-refractivity contribution in [1.82, 2.24) is 0 Å². The second kappa shape index (κ2) is 6.51. The fourth-order valence-electron chi connectivity index (χ4n) is 1.37. The summed E-state index contributed by atoms with van der Waals surface area (Å²) < 4.78 is 0. The molecule has 0 atom stereocenters. The van der Waals surface area contributed by atoms with Crippen molar-refractivity contribution in [3.63, 3.8) is 0 Å². The molecule has 0 nitrogen and oxygen atoms in total. The van der Waals surface area contributed by atoms with Crippen molar-refractivity contribution < 1.29 is 0 Å². The van der Waals surface area contributed by atoms with Gasteiger partial charge in [0.05, 0.1) is 0 Å². The first-order chi connectivity index (χ1) is 5.93. The van der Waals surface area contributed by atoms with Gasteiger partial charge in [0.2, 0.25) is 0 Å². The number of aryl methyl sites for hydroxylation is 1. The third-order valence-electron chi connectivity index (χ3n) is 2.15. The van der Waals surface area contributed by atoms with E-state index in [1.807, 2.05) is 0 Å². The van der Waals surface area contributed by atoms with Gasteiger partial charge in [0.25, 0.3) is 0 Å². The second-order valence-corrected chi connectivity index (χ2v) is 4.93. The fourth-order valence-corrected chi connectivity index (χ4v) is 2.84. The molecule has 0 saturated heterocycles. The van der Waals surface area contributed by atoms with Crippen molar-refractivity contribution in [2.45, 2.75) is 45.4 Å². The molecule has 0 radical (unpaired) electrons. The second-order valence-electron chi connectivity index (χ2n) is 3.30. The van der Waals surface area contributed by atoms with E-state index in [-0.39, 0.29) is 0 Å². The first-order valence-corrected chi connectivity index (χ1v) is 6.92. The third kappa shape index (κ3) is 4.13. The summed E-state index contributed by atoms with van der Waals surface area (Å²) in [5.41, 5.74) is 1.59. The van der Waals surface area contributed by atoms with E-state index in [0.29, 0.717) is 14.5 Å². The van der Waals surface area contributed by atoms with E-state index >= 15 is 0 Å².